The predicted octanol–water partition coefficient (Wildman–Crippen LogP) is 4.55. The van der Waals surface area contributed by atoms with Crippen molar-refractivity contribution in [2.75, 3.05) is 12.4 Å². The number of carbonyl (C=O) groups excluding carboxylic acids is 1. The molecule has 1 N–H and O–H groups in total. The van der Waals surface area contributed by atoms with Crippen LogP contribution in [-0.4, -0.2) is 28.1 Å². The molecule has 1 aromatic carbocycles. The third-order valence-corrected chi connectivity index (χ3v) is 5.41. The quantitative estimate of drug-likeness (QED) is 0.640. The SMILES string of the molecule is CCC(CC)C(=O)Nc1nc(C)c(-c2nc(-c3ccc(OC)cc3)no2)s1. The largest absolute Gasteiger partial charge is 0.497 e. The van der Waals surface area contributed by atoms with Gasteiger partial charge in [0.15, 0.2) is 5.13 Å². The molecule has 0 unspecified atom stereocenters. The molecule has 0 aliphatic carbocycles. The summed E-state index contributed by atoms with van der Waals surface area (Å²) in [6, 6.07) is 7.42. The van der Waals surface area contributed by atoms with E-state index in [0.29, 0.717) is 16.8 Å². The van der Waals surface area contributed by atoms with Gasteiger partial charge in [-0.15, -0.1) is 0 Å². The number of thiazole rings is 1. The van der Waals surface area contributed by atoms with Gasteiger partial charge in [0.25, 0.3) is 5.89 Å². The van der Waals surface area contributed by atoms with Gasteiger partial charge < -0.3 is 14.6 Å². The first-order valence-corrected chi connectivity index (χ1v) is 9.64. The Labute approximate surface area is 161 Å². The Balaban J connectivity index is 1.80. The van der Waals surface area contributed by atoms with E-state index in [2.05, 4.69) is 20.4 Å². The molecule has 0 radical (unpaired) electrons. The molecule has 3 rings (SSSR count). The maximum absolute atomic E-state index is 12.3. The fraction of sp³-hybridized carbons (Fsp3) is 0.368. The summed E-state index contributed by atoms with van der Waals surface area (Å²) >= 11 is 1.33. The van der Waals surface area contributed by atoms with Crippen LogP contribution < -0.4 is 10.1 Å². The van der Waals surface area contributed by atoms with Crippen molar-refractivity contribution in [1.29, 1.82) is 0 Å². The molecule has 0 aliphatic heterocycles. The number of amides is 1. The number of nitrogens with zero attached hydrogens (tertiary/aromatic N) is 3. The second kappa shape index (κ2) is 8.30. The normalized spacial score (nSPS) is 11.0. The molecule has 2 heterocycles. The van der Waals surface area contributed by atoms with Crippen LogP contribution >= 0.6 is 11.3 Å². The van der Waals surface area contributed by atoms with Crippen molar-refractivity contribution in [2.45, 2.75) is 33.6 Å². The topological polar surface area (TPSA) is 90.1 Å². The van der Waals surface area contributed by atoms with Gasteiger partial charge in [0, 0.05) is 11.5 Å². The van der Waals surface area contributed by atoms with Crippen molar-refractivity contribution in [3.8, 4) is 27.9 Å². The summed E-state index contributed by atoms with van der Waals surface area (Å²) in [5.74, 6) is 1.62. The predicted molar refractivity (Wildman–Crippen MR) is 105 cm³/mol. The van der Waals surface area contributed by atoms with E-state index >= 15 is 0 Å². The van der Waals surface area contributed by atoms with E-state index in [4.69, 9.17) is 9.26 Å². The van der Waals surface area contributed by atoms with Crippen LogP contribution in [0.5, 0.6) is 5.75 Å². The molecule has 0 atom stereocenters. The lowest BCUT2D eigenvalue weighted by atomic mass is 10.0. The molecular formula is C19H22N4O3S. The van der Waals surface area contributed by atoms with Crippen LogP contribution in [0.2, 0.25) is 0 Å². The highest BCUT2D eigenvalue weighted by Gasteiger charge is 2.20. The van der Waals surface area contributed by atoms with Gasteiger partial charge in [-0.1, -0.05) is 30.3 Å². The number of carbonyl (C=O) groups is 1. The number of hydrogen-bond acceptors (Lipinski definition) is 7. The average molecular weight is 386 g/mol. The number of methoxy groups -OCH3 is 1. The molecule has 0 fully saturated rings. The molecule has 0 saturated heterocycles. The molecule has 0 spiro atoms. The van der Waals surface area contributed by atoms with Gasteiger partial charge in [0.2, 0.25) is 11.7 Å². The molecule has 142 valence electrons. The summed E-state index contributed by atoms with van der Waals surface area (Å²) in [6.07, 6.45) is 1.60. The molecule has 27 heavy (non-hydrogen) atoms. The Hall–Kier alpha value is -2.74. The van der Waals surface area contributed by atoms with Crippen LogP contribution in [-0.2, 0) is 4.79 Å². The average Bonchev–Trinajstić information content (AvgIpc) is 3.29. The molecule has 7 nitrogen and oxygen atoms in total. The molecule has 3 aromatic rings. The fourth-order valence-electron chi connectivity index (χ4n) is 2.69. The smallest absolute Gasteiger partial charge is 0.270 e. The molecular weight excluding hydrogens is 364 g/mol. The minimum Gasteiger partial charge on any atom is -0.497 e. The van der Waals surface area contributed by atoms with Gasteiger partial charge >= 0.3 is 0 Å². The minimum absolute atomic E-state index is 0.00949. The number of ether oxygens (including phenoxy) is 1. The number of aryl methyl sites for hydroxylation is 1. The monoisotopic (exact) mass is 386 g/mol. The Bertz CT molecular complexity index is 913. The van der Waals surface area contributed by atoms with Crippen LogP contribution in [0.25, 0.3) is 22.2 Å². The van der Waals surface area contributed by atoms with Crippen LogP contribution in [0.1, 0.15) is 32.4 Å². The summed E-state index contributed by atoms with van der Waals surface area (Å²) in [4.78, 5) is 21.9. The van der Waals surface area contributed by atoms with Crippen molar-refractivity contribution in [3.63, 3.8) is 0 Å². The standard InChI is InChI=1S/C19H22N4O3S/c1-5-12(6-2)17(24)22-19-20-11(3)15(27-19)18-21-16(23-26-18)13-7-9-14(25-4)10-8-13/h7-10,12H,5-6H2,1-4H3,(H,20,22,24). The number of aromatic nitrogens is 3. The van der Waals surface area contributed by atoms with E-state index in [1.807, 2.05) is 45.0 Å². The van der Waals surface area contributed by atoms with E-state index in [1.165, 1.54) is 11.3 Å². The Morgan fingerprint density at radius 1 is 1.22 bits per heavy atom. The summed E-state index contributed by atoms with van der Waals surface area (Å²) < 4.78 is 10.6. The van der Waals surface area contributed by atoms with E-state index in [9.17, 15) is 4.79 Å². The van der Waals surface area contributed by atoms with Gasteiger partial charge in [-0.25, -0.2) is 4.98 Å². The maximum atomic E-state index is 12.3. The highest BCUT2D eigenvalue weighted by molar-refractivity contribution is 7.19. The second-order valence-corrected chi connectivity index (χ2v) is 7.09. The highest BCUT2D eigenvalue weighted by atomic mass is 32.1. The minimum atomic E-state index is -0.0114. The molecule has 2 aromatic heterocycles. The Kier molecular flexibility index (Phi) is 5.85. The van der Waals surface area contributed by atoms with Crippen molar-refractivity contribution in [3.05, 3.63) is 30.0 Å². The van der Waals surface area contributed by atoms with Gasteiger partial charge in [0.1, 0.15) is 10.6 Å². The molecule has 1 amide bonds. The summed E-state index contributed by atoms with van der Waals surface area (Å²) in [5.41, 5.74) is 1.57. The summed E-state index contributed by atoms with van der Waals surface area (Å²) in [6.45, 7) is 5.87. The highest BCUT2D eigenvalue weighted by Crippen LogP contribution is 2.33. The fourth-order valence-corrected chi connectivity index (χ4v) is 3.58. The lowest BCUT2D eigenvalue weighted by Crippen LogP contribution is -2.21. The first-order valence-electron chi connectivity index (χ1n) is 8.82. The van der Waals surface area contributed by atoms with Crippen LogP contribution in [0.15, 0.2) is 28.8 Å². The maximum Gasteiger partial charge on any atom is 0.270 e. The van der Waals surface area contributed by atoms with Crippen molar-refractivity contribution in [1.82, 2.24) is 15.1 Å². The van der Waals surface area contributed by atoms with Crippen molar-refractivity contribution >= 4 is 22.4 Å². The van der Waals surface area contributed by atoms with Gasteiger partial charge in [-0.2, -0.15) is 4.98 Å². The molecule has 0 aliphatic rings. The zero-order chi connectivity index (χ0) is 19.4. The molecule has 0 saturated carbocycles. The Morgan fingerprint density at radius 2 is 1.93 bits per heavy atom. The first kappa shape index (κ1) is 19.0. The third-order valence-electron chi connectivity index (χ3n) is 4.35. The summed E-state index contributed by atoms with van der Waals surface area (Å²) in [7, 11) is 1.62. The number of anilines is 1. The van der Waals surface area contributed by atoms with E-state index < -0.39 is 0 Å². The molecule has 0 bridgehead atoms. The van der Waals surface area contributed by atoms with Gasteiger partial charge in [-0.3, -0.25) is 4.79 Å². The van der Waals surface area contributed by atoms with Gasteiger partial charge in [-0.05, 0) is 44.0 Å². The summed E-state index contributed by atoms with van der Waals surface area (Å²) in [5, 5.41) is 7.48. The van der Waals surface area contributed by atoms with E-state index in [1.54, 1.807) is 7.11 Å². The number of nitrogens with one attached hydrogen (secondary N) is 1. The van der Waals surface area contributed by atoms with E-state index in [0.717, 1.165) is 34.7 Å². The molecule has 8 heteroatoms. The van der Waals surface area contributed by atoms with E-state index in [-0.39, 0.29) is 11.8 Å². The number of hydrogen-bond donors (Lipinski definition) is 1. The lowest BCUT2D eigenvalue weighted by Gasteiger charge is -2.10. The zero-order valence-electron chi connectivity index (χ0n) is 15.8. The van der Waals surface area contributed by atoms with Crippen LogP contribution in [0.4, 0.5) is 5.13 Å². The number of benzene rings is 1. The van der Waals surface area contributed by atoms with Crippen molar-refractivity contribution in [2.24, 2.45) is 5.92 Å². The van der Waals surface area contributed by atoms with Gasteiger partial charge in [0.05, 0.1) is 12.8 Å². The Morgan fingerprint density at radius 3 is 2.56 bits per heavy atom. The van der Waals surface area contributed by atoms with Crippen LogP contribution in [0.3, 0.4) is 0 Å². The zero-order valence-corrected chi connectivity index (χ0v) is 16.6. The number of rotatable bonds is 7. The first-order chi connectivity index (χ1) is 13.0. The second-order valence-electron chi connectivity index (χ2n) is 6.09. The van der Waals surface area contributed by atoms with Crippen LogP contribution in [0, 0.1) is 12.8 Å². The van der Waals surface area contributed by atoms with Crippen molar-refractivity contribution < 1.29 is 14.1 Å². The third kappa shape index (κ3) is 4.16. The lowest BCUT2D eigenvalue weighted by molar-refractivity contribution is -0.120.